The van der Waals surface area contributed by atoms with Gasteiger partial charge in [-0.25, -0.2) is 0 Å². The fraction of sp³-hybridized carbons (Fsp3) is 0.333. The van der Waals surface area contributed by atoms with Crippen LogP contribution in [0.1, 0.15) is 40.2 Å². The SMILES string of the molecule is CN(Cc1cccc(-c2nn[nH]n2)c1)C(=O)c1ccc([C@@H]2CCCNC2)cc1. The lowest BCUT2D eigenvalue weighted by atomic mass is 9.91. The summed E-state index contributed by atoms with van der Waals surface area (Å²) in [6, 6.07) is 15.9. The number of aromatic amines is 1. The van der Waals surface area contributed by atoms with E-state index in [9.17, 15) is 4.79 Å². The van der Waals surface area contributed by atoms with Crippen molar-refractivity contribution in [1.29, 1.82) is 0 Å². The fourth-order valence-corrected chi connectivity index (χ4v) is 3.69. The first-order chi connectivity index (χ1) is 13.7. The Morgan fingerprint density at radius 1 is 1.21 bits per heavy atom. The van der Waals surface area contributed by atoms with Crippen molar-refractivity contribution in [3.05, 3.63) is 65.2 Å². The Labute approximate surface area is 164 Å². The van der Waals surface area contributed by atoms with Crippen LogP contribution in [0.2, 0.25) is 0 Å². The summed E-state index contributed by atoms with van der Waals surface area (Å²) in [5, 5.41) is 17.5. The fourth-order valence-electron chi connectivity index (χ4n) is 3.69. The van der Waals surface area contributed by atoms with Crippen molar-refractivity contribution < 1.29 is 4.79 Å². The summed E-state index contributed by atoms with van der Waals surface area (Å²) in [4.78, 5) is 14.6. The Morgan fingerprint density at radius 3 is 2.79 bits per heavy atom. The molecular weight excluding hydrogens is 352 g/mol. The monoisotopic (exact) mass is 376 g/mol. The van der Waals surface area contributed by atoms with Crippen molar-refractivity contribution in [3.8, 4) is 11.4 Å². The highest BCUT2D eigenvalue weighted by Crippen LogP contribution is 2.24. The largest absolute Gasteiger partial charge is 0.337 e. The van der Waals surface area contributed by atoms with Gasteiger partial charge in [-0.2, -0.15) is 5.21 Å². The first-order valence-electron chi connectivity index (χ1n) is 9.59. The van der Waals surface area contributed by atoms with Crippen LogP contribution in [0.3, 0.4) is 0 Å². The Bertz CT molecular complexity index is 916. The lowest BCUT2D eigenvalue weighted by molar-refractivity contribution is 0.0785. The van der Waals surface area contributed by atoms with Gasteiger partial charge in [-0.3, -0.25) is 4.79 Å². The van der Waals surface area contributed by atoms with E-state index >= 15 is 0 Å². The Morgan fingerprint density at radius 2 is 2.07 bits per heavy atom. The molecule has 0 aliphatic carbocycles. The zero-order chi connectivity index (χ0) is 19.3. The topological polar surface area (TPSA) is 86.8 Å². The van der Waals surface area contributed by atoms with Gasteiger partial charge in [0.1, 0.15) is 0 Å². The zero-order valence-electron chi connectivity index (χ0n) is 15.9. The number of carbonyl (C=O) groups excluding carboxylic acids is 1. The second-order valence-electron chi connectivity index (χ2n) is 7.26. The Hall–Kier alpha value is -3.06. The van der Waals surface area contributed by atoms with Crippen molar-refractivity contribution in [2.24, 2.45) is 0 Å². The molecule has 144 valence electrons. The number of piperidine rings is 1. The van der Waals surface area contributed by atoms with Gasteiger partial charge in [0, 0.05) is 31.3 Å². The number of hydrogen-bond donors (Lipinski definition) is 2. The highest BCUT2D eigenvalue weighted by molar-refractivity contribution is 5.94. The molecule has 4 rings (SSSR count). The van der Waals surface area contributed by atoms with Gasteiger partial charge in [0.25, 0.3) is 5.91 Å². The number of amides is 1. The zero-order valence-corrected chi connectivity index (χ0v) is 15.9. The number of rotatable bonds is 5. The van der Waals surface area contributed by atoms with Crippen LogP contribution in [0.5, 0.6) is 0 Å². The number of aromatic nitrogens is 4. The molecule has 0 spiro atoms. The maximum absolute atomic E-state index is 12.8. The Kier molecular flexibility index (Phi) is 5.43. The van der Waals surface area contributed by atoms with Gasteiger partial charge >= 0.3 is 0 Å². The molecule has 1 aliphatic heterocycles. The molecule has 0 unspecified atom stereocenters. The predicted octanol–water partition coefficient (Wildman–Crippen LogP) is 2.61. The molecule has 7 heteroatoms. The van der Waals surface area contributed by atoms with E-state index in [0.717, 1.165) is 24.2 Å². The van der Waals surface area contributed by atoms with Crippen LogP contribution in [0.25, 0.3) is 11.4 Å². The van der Waals surface area contributed by atoms with Crippen LogP contribution < -0.4 is 5.32 Å². The van der Waals surface area contributed by atoms with Crippen LogP contribution >= 0.6 is 0 Å². The molecule has 0 radical (unpaired) electrons. The molecule has 1 atom stereocenters. The third-order valence-electron chi connectivity index (χ3n) is 5.22. The van der Waals surface area contributed by atoms with Gasteiger partial charge in [0.2, 0.25) is 5.82 Å². The lowest BCUT2D eigenvalue weighted by Crippen LogP contribution is -2.28. The van der Waals surface area contributed by atoms with E-state index in [1.807, 2.05) is 43.4 Å². The van der Waals surface area contributed by atoms with Gasteiger partial charge in [-0.1, -0.05) is 30.3 Å². The van der Waals surface area contributed by atoms with Crippen LogP contribution in [-0.4, -0.2) is 51.6 Å². The van der Waals surface area contributed by atoms with Crippen LogP contribution in [0, 0.1) is 0 Å². The summed E-state index contributed by atoms with van der Waals surface area (Å²) in [6.07, 6.45) is 2.41. The van der Waals surface area contributed by atoms with E-state index in [0.29, 0.717) is 23.9 Å². The number of benzene rings is 2. The molecule has 2 N–H and O–H groups in total. The van der Waals surface area contributed by atoms with E-state index in [1.165, 1.54) is 18.4 Å². The van der Waals surface area contributed by atoms with Gasteiger partial charge in [-0.05, 0) is 59.8 Å². The van der Waals surface area contributed by atoms with Gasteiger partial charge in [0.15, 0.2) is 0 Å². The van der Waals surface area contributed by atoms with Crippen LogP contribution in [0.15, 0.2) is 48.5 Å². The molecule has 1 aromatic heterocycles. The summed E-state index contributed by atoms with van der Waals surface area (Å²) in [6.45, 7) is 2.63. The highest BCUT2D eigenvalue weighted by atomic mass is 16.2. The van der Waals surface area contributed by atoms with Crippen molar-refractivity contribution in [3.63, 3.8) is 0 Å². The lowest BCUT2D eigenvalue weighted by Gasteiger charge is -2.23. The van der Waals surface area contributed by atoms with E-state index in [1.54, 1.807) is 4.90 Å². The molecule has 2 heterocycles. The molecule has 1 aliphatic rings. The molecule has 2 aromatic carbocycles. The maximum atomic E-state index is 12.8. The number of tetrazole rings is 1. The first-order valence-corrected chi connectivity index (χ1v) is 9.59. The number of nitrogens with zero attached hydrogens (tertiary/aromatic N) is 4. The predicted molar refractivity (Wildman–Crippen MR) is 107 cm³/mol. The smallest absolute Gasteiger partial charge is 0.253 e. The summed E-state index contributed by atoms with van der Waals surface area (Å²) in [5.41, 5.74) is 3.91. The minimum Gasteiger partial charge on any atom is -0.337 e. The van der Waals surface area contributed by atoms with E-state index in [-0.39, 0.29) is 5.91 Å². The minimum absolute atomic E-state index is 0.0123. The second kappa shape index (κ2) is 8.31. The van der Waals surface area contributed by atoms with Crippen LogP contribution in [-0.2, 0) is 6.54 Å². The average molecular weight is 376 g/mol. The maximum Gasteiger partial charge on any atom is 0.253 e. The summed E-state index contributed by atoms with van der Waals surface area (Å²) >= 11 is 0. The molecule has 0 bridgehead atoms. The van der Waals surface area contributed by atoms with Crippen molar-refractivity contribution in [1.82, 2.24) is 30.8 Å². The number of H-pyrrole nitrogens is 1. The van der Waals surface area contributed by atoms with Gasteiger partial charge in [-0.15, -0.1) is 10.2 Å². The molecular formula is C21H24N6O. The molecule has 1 saturated heterocycles. The number of nitrogens with one attached hydrogen (secondary N) is 2. The number of hydrogen-bond acceptors (Lipinski definition) is 5. The highest BCUT2D eigenvalue weighted by Gasteiger charge is 2.17. The molecule has 7 nitrogen and oxygen atoms in total. The van der Waals surface area contributed by atoms with E-state index in [4.69, 9.17) is 0 Å². The van der Waals surface area contributed by atoms with Crippen molar-refractivity contribution >= 4 is 5.91 Å². The number of carbonyl (C=O) groups is 1. The molecule has 0 saturated carbocycles. The van der Waals surface area contributed by atoms with Gasteiger partial charge < -0.3 is 10.2 Å². The minimum atomic E-state index is 0.0123. The molecule has 3 aromatic rings. The standard InChI is InChI=1S/C21H24N6O/c1-27(14-15-4-2-5-18(12-15)20-23-25-26-24-20)21(28)17-9-7-16(8-10-17)19-6-3-11-22-13-19/h2,4-5,7-10,12,19,22H,3,6,11,13-14H2,1H3,(H,23,24,25,26)/t19-/m1/s1. The van der Waals surface area contributed by atoms with Crippen molar-refractivity contribution in [2.75, 3.05) is 20.1 Å². The van der Waals surface area contributed by atoms with E-state index in [2.05, 4.69) is 38.1 Å². The summed E-state index contributed by atoms with van der Waals surface area (Å²) in [7, 11) is 1.82. The molecule has 1 amide bonds. The second-order valence-corrected chi connectivity index (χ2v) is 7.26. The quantitative estimate of drug-likeness (QED) is 0.715. The molecule has 1 fully saturated rings. The third-order valence-corrected chi connectivity index (χ3v) is 5.22. The molecule has 28 heavy (non-hydrogen) atoms. The summed E-state index contributed by atoms with van der Waals surface area (Å²) in [5.74, 6) is 1.10. The first kappa shape index (κ1) is 18.3. The van der Waals surface area contributed by atoms with E-state index < -0.39 is 0 Å². The normalized spacial score (nSPS) is 16.7. The average Bonchev–Trinajstić information content (AvgIpc) is 3.29. The van der Waals surface area contributed by atoms with Crippen molar-refractivity contribution in [2.45, 2.75) is 25.3 Å². The third kappa shape index (κ3) is 4.09. The summed E-state index contributed by atoms with van der Waals surface area (Å²) < 4.78 is 0. The Balaban J connectivity index is 1.42. The van der Waals surface area contributed by atoms with Gasteiger partial charge in [0.05, 0.1) is 0 Å². The van der Waals surface area contributed by atoms with Crippen LogP contribution in [0.4, 0.5) is 0 Å².